The van der Waals surface area contributed by atoms with E-state index in [0.717, 1.165) is 5.56 Å². The highest BCUT2D eigenvalue weighted by atomic mass is 16.3. The van der Waals surface area contributed by atoms with Crippen LogP contribution in [0.1, 0.15) is 35.8 Å². The maximum atomic E-state index is 12.9. The minimum atomic E-state index is -0.192. The van der Waals surface area contributed by atoms with Crippen LogP contribution in [0.2, 0.25) is 0 Å². The molecular weight excluding hydrogens is 344 g/mol. The van der Waals surface area contributed by atoms with Crippen molar-refractivity contribution in [2.45, 2.75) is 26.4 Å². The molecule has 0 saturated carbocycles. The predicted molar refractivity (Wildman–Crippen MR) is 100.0 cm³/mol. The number of aromatic nitrogens is 5. The highest BCUT2D eigenvalue weighted by molar-refractivity contribution is 6.06. The van der Waals surface area contributed by atoms with Crippen molar-refractivity contribution in [1.82, 2.24) is 29.9 Å². The fourth-order valence-corrected chi connectivity index (χ4v) is 2.98. The summed E-state index contributed by atoms with van der Waals surface area (Å²) in [5.41, 5.74) is 2.70. The number of furan rings is 1. The van der Waals surface area contributed by atoms with Gasteiger partial charge < -0.3 is 9.73 Å². The summed E-state index contributed by atoms with van der Waals surface area (Å²) in [5.74, 6) is 0.414. The molecule has 4 heterocycles. The number of carbonyl (C=O) groups is 1. The highest BCUT2D eigenvalue weighted by Crippen LogP contribution is 2.26. The molecule has 0 unspecified atom stereocenters. The Labute approximate surface area is 155 Å². The Balaban J connectivity index is 1.74. The van der Waals surface area contributed by atoms with E-state index in [0.29, 0.717) is 34.6 Å². The average molecular weight is 364 g/mol. The molecule has 0 spiro atoms. The number of pyridine rings is 1. The molecule has 27 heavy (non-hydrogen) atoms. The molecule has 0 saturated heterocycles. The van der Waals surface area contributed by atoms with Gasteiger partial charge in [0.2, 0.25) is 0 Å². The van der Waals surface area contributed by atoms with Gasteiger partial charge in [0, 0.05) is 31.4 Å². The summed E-state index contributed by atoms with van der Waals surface area (Å²) in [4.78, 5) is 17.6. The number of rotatable bonds is 5. The topological polar surface area (TPSA) is 90.8 Å². The van der Waals surface area contributed by atoms with Crippen LogP contribution in [0, 0.1) is 0 Å². The Morgan fingerprint density at radius 2 is 2.15 bits per heavy atom. The van der Waals surface area contributed by atoms with E-state index in [-0.39, 0.29) is 11.9 Å². The summed E-state index contributed by atoms with van der Waals surface area (Å²) >= 11 is 0. The van der Waals surface area contributed by atoms with E-state index < -0.39 is 0 Å². The number of nitrogens with zero attached hydrogens (tertiary/aromatic N) is 5. The minimum Gasteiger partial charge on any atom is -0.463 e. The monoisotopic (exact) mass is 364 g/mol. The summed E-state index contributed by atoms with van der Waals surface area (Å²) < 4.78 is 8.98. The molecule has 4 aromatic rings. The zero-order chi connectivity index (χ0) is 19.0. The Kier molecular flexibility index (Phi) is 4.23. The van der Waals surface area contributed by atoms with Gasteiger partial charge in [-0.25, -0.2) is 9.67 Å². The molecule has 8 heteroatoms. The van der Waals surface area contributed by atoms with Gasteiger partial charge in [-0.2, -0.15) is 10.2 Å². The first-order valence-electron chi connectivity index (χ1n) is 8.71. The molecule has 0 aliphatic carbocycles. The highest BCUT2D eigenvalue weighted by Gasteiger charge is 2.19. The van der Waals surface area contributed by atoms with E-state index in [2.05, 4.69) is 20.5 Å². The van der Waals surface area contributed by atoms with E-state index in [1.54, 1.807) is 40.2 Å². The van der Waals surface area contributed by atoms with Crippen LogP contribution in [-0.4, -0.2) is 30.5 Å². The maximum absolute atomic E-state index is 12.9. The standard InChI is InChI=1S/C19H20N6O2/c1-12(2)25-18-15(10-22-25)14(7-16(23-18)17-5-4-6-27-17)19(26)20-8-13-9-21-24(3)11-13/h4-7,9-12H,8H2,1-3H3,(H,20,26). The number of amides is 1. The van der Waals surface area contributed by atoms with Crippen LogP contribution in [0.4, 0.5) is 0 Å². The van der Waals surface area contributed by atoms with Crippen LogP contribution in [0.5, 0.6) is 0 Å². The molecule has 4 aromatic heterocycles. The van der Waals surface area contributed by atoms with Crippen LogP contribution < -0.4 is 5.32 Å². The molecule has 0 bridgehead atoms. The first-order chi connectivity index (χ1) is 13.0. The van der Waals surface area contributed by atoms with E-state index in [9.17, 15) is 4.79 Å². The molecule has 1 N–H and O–H groups in total. The number of aryl methyl sites for hydroxylation is 1. The molecule has 0 atom stereocenters. The van der Waals surface area contributed by atoms with Crippen molar-refractivity contribution in [1.29, 1.82) is 0 Å². The van der Waals surface area contributed by atoms with Crippen molar-refractivity contribution < 1.29 is 9.21 Å². The van der Waals surface area contributed by atoms with Gasteiger partial charge in [0.15, 0.2) is 11.4 Å². The number of fused-ring (bicyclic) bond motifs is 1. The largest absolute Gasteiger partial charge is 0.463 e. The Hall–Kier alpha value is -3.42. The second-order valence-corrected chi connectivity index (χ2v) is 6.66. The van der Waals surface area contributed by atoms with Gasteiger partial charge in [-0.1, -0.05) is 0 Å². The number of carbonyl (C=O) groups excluding carboxylic acids is 1. The van der Waals surface area contributed by atoms with Crippen molar-refractivity contribution >= 4 is 16.9 Å². The maximum Gasteiger partial charge on any atom is 0.252 e. The van der Waals surface area contributed by atoms with Crippen molar-refractivity contribution in [3.05, 3.63) is 54.2 Å². The summed E-state index contributed by atoms with van der Waals surface area (Å²) in [6, 6.07) is 5.48. The number of nitrogens with one attached hydrogen (secondary N) is 1. The van der Waals surface area contributed by atoms with E-state index in [1.807, 2.05) is 33.2 Å². The third kappa shape index (κ3) is 3.21. The van der Waals surface area contributed by atoms with Crippen molar-refractivity contribution in [3.63, 3.8) is 0 Å². The summed E-state index contributed by atoms with van der Waals surface area (Å²) in [6.07, 6.45) is 6.87. The lowest BCUT2D eigenvalue weighted by molar-refractivity contribution is 0.0952. The van der Waals surface area contributed by atoms with Crippen molar-refractivity contribution in [2.24, 2.45) is 7.05 Å². The molecule has 0 aliphatic heterocycles. The molecular formula is C19H20N6O2. The van der Waals surface area contributed by atoms with Gasteiger partial charge in [-0.15, -0.1) is 0 Å². The van der Waals surface area contributed by atoms with Gasteiger partial charge >= 0.3 is 0 Å². The number of hydrogen-bond acceptors (Lipinski definition) is 5. The van der Waals surface area contributed by atoms with Gasteiger partial charge in [0.05, 0.1) is 29.6 Å². The quantitative estimate of drug-likeness (QED) is 0.588. The van der Waals surface area contributed by atoms with E-state index in [4.69, 9.17) is 4.42 Å². The molecule has 138 valence electrons. The molecule has 0 radical (unpaired) electrons. The normalized spacial score (nSPS) is 11.4. The lowest BCUT2D eigenvalue weighted by atomic mass is 10.1. The first-order valence-corrected chi connectivity index (χ1v) is 8.71. The minimum absolute atomic E-state index is 0.119. The SMILES string of the molecule is CC(C)n1ncc2c(C(=O)NCc3cnn(C)c3)cc(-c3ccco3)nc21. The smallest absolute Gasteiger partial charge is 0.252 e. The fourth-order valence-electron chi connectivity index (χ4n) is 2.98. The third-order valence-electron chi connectivity index (χ3n) is 4.29. The molecule has 0 fully saturated rings. The van der Waals surface area contributed by atoms with Gasteiger partial charge in [-0.3, -0.25) is 9.48 Å². The lowest BCUT2D eigenvalue weighted by Gasteiger charge is -2.10. The van der Waals surface area contributed by atoms with Crippen LogP contribution >= 0.6 is 0 Å². The predicted octanol–water partition coefficient (Wildman–Crippen LogP) is 2.94. The molecule has 0 aliphatic rings. The van der Waals surface area contributed by atoms with Crippen molar-refractivity contribution in [2.75, 3.05) is 0 Å². The third-order valence-corrected chi connectivity index (χ3v) is 4.29. The van der Waals surface area contributed by atoms with Crippen molar-refractivity contribution in [3.8, 4) is 11.5 Å². The van der Waals surface area contributed by atoms with Crippen LogP contribution in [0.25, 0.3) is 22.5 Å². The van der Waals surface area contributed by atoms with Gasteiger partial charge in [0.1, 0.15) is 5.69 Å². The van der Waals surface area contributed by atoms with Gasteiger partial charge in [0.25, 0.3) is 5.91 Å². The zero-order valence-electron chi connectivity index (χ0n) is 15.4. The van der Waals surface area contributed by atoms with Crippen LogP contribution in [-0.2, 0) is 13.6 Å². The van der Waals surface area contributed by atoms with Crippen LogP contribution in [0.15, 0.2) is 47.5 Å². The Bertz CT molecular complexity index is 1090. The summed E-state index contributed by atoms with van der Waals surface area (Å²) in [6.45, 7) is 4.44. The number of hydrogen-bond donors (Lipinski definition) is 1. The fraction of sp³-hybridized carbons (Fsp3) is 0.263. The first kappa shape index (κ1) is 17.0. The molecule has 1 amide bonds. The van der Waals surface area contributed by atoms with Gasteiger partial charge in [-0.05, 0) is 32.0 Å². The van der Waals surface area contributed by atoms with E-state index in [1.165, 1.54) is 0 Å². The second kappa shape index (κ2) is 6.71. The van der Waals surface area contributed by atoms with E-state index >= 15 is 0 Å². The Morgan fingerprint density at radius 1 is 1.30 bits per heavy atom. The lowest BCUT2D eigenvalue weighted by Crippen LogP contribution is -2.23. The van der Waals surface area contributed by atoms with Crippen LogP contribution in [0.3, 0.4) is 0 Å². The summed E-state index contributed by atoms with van der Waals surface area (Å²) in [7, 11) is 1.84. The molecule has 0 aromatic carbocycles. The second-order valence-electron chi connectivity index (χ2n) is 6.66. The zero-order valence-corrected chi connectivity index (χ0v) is 15.4. The molecule has 4 rings (SSSR count). The average Bonchev–Trinajstić information content (AvgIpc) is 3.38. The molecule has 8 nitrogen and oxygen atoms in total. The summed E-state index contributed by atoms with van der Waals surface area (Å²) in [5, 5.41) is 12.2. The Morgan fingerprint density at radius 3 is 2.81 bits per heavy atom.